The zero-order chi connectivity index (χ0) is 22.3. The van der Waals surface area contributed by atoms with E-state index < -0.39 is 36.6 Å². The van der Waals surface area contributed by atoms with Crippen molar-refractivity contribution in [3.05, 3.63) is 40.7 Å². The second-order valence-corrected chi connectivity index (χ2v) is 7.46. The molecule has 0 spiro atoms. The van der Waals surface area contributed by atoms with E-state index in [1.807, 2.05) is 0 Å². The molecule has 4 aromatic heterocycles. The predicted octanol–water partition coefficient (Wildman–Crippen LogP) is 4.11. The zero-order valence-corrected chi connectivity index (χ0v) is 17.0. The molecule has 0 aromatic carbocycles. The van der Waals surface area contributed by atoms with Gasteiger partial charge in [-0.25, -0.2) is 32.2 Å². The van der Waals surface area contributed by atoms with E-state index in [2.05, 4.69) is 25.5 Å². The Hall–Kier alpha value is -3.35. The Labute approximate surface area is 176 Å². The van der Waals surface area contributed by atoms with Gasteiger partial charge in [0.1, 0.15) is 17.9 Å². The third-order valence-electron chi connectivity index (χ3n) is 4.51. The monoisotopic (exact) mass is 453 g/mol. The van der Waals surface area contributed by atoms with Crippen molar-refractivity contribution >= 4 is 33.4 Å². The zero-order valence-electron chi connectivity index (χ0n) is 16.2. The molecule has 13 heteroatoms. The molecule has 0 unspecified atom stereocenters. The molecule has 31 heavy (non-hydrogen) atoms. The summed E-state index contributed by atoms with van der Waals surface area (Å²) in [5.74, 6) is -0.557. The normalized spacial score (nSPS) is 11.7. The van der Waals surface area contributed by atoms with Crippen LogP contribution in [0.4, 0.5) is 22.7 Å². The summed E-state index contributed by atoms with van der Waals surface area (Å²) in [5.41, 5.74) is -0.0517. The van der Waals surface area contributed by atoms with Crippen LogP contribution in [0, 0.1) is 6.92 Å². The lowest BCUT2D eigenvalue weighted by molar-refractivity contribution is -0.116. The number of carbonyl (C=O) groups excluding carboxylic acids is 1. The highest BCUT2D eigenvalue weighted by atomic mass is 32.1. The summed E-state index contributed by atoms with van der Waals surface area (Å²) in [6.07, 6.45) is -4.42. The molecule has 0 aliphatic rings. The van der Waals surface area contributed by atoms with E-state index in [1.165, 1.54) is 18.3 Å². The number of fused-ring (bicyclic) bond motifs is 1. The number of pyridine rings is 1. The highest BCUT2D eigenvalue weighted by Gasteiger charge is 2.24. The van der Waals surface area contributed by atoms with Gasteiger partial charge in [0.05, 0.1) is 16.8 Å². The molecule has 0 radical (unpaired) electrons. The number of carbonyl (C=O) groups is 1. The predicted molar refractivity (Wildman–Crippen MR) is 105 cm³/mol. The van der Waals surface area contributed by atoms with Crippen LogP contribution >= 0.6 is 11.3 Å². The van der Waals surface area contributed by atoms with Crippen molar-refractivity contribution in [3.63, 3.8) is 0 Å². The van der Waals surface area contributed by atoms with Gasteiger partial charge in [0.25, 0.3) is 12.9 Å². The number of amides is 1. The van der Waals surface area contributed by atoms with Crippen LogP contribution in [-0.4, -0.2) is 35.4 Å². The van der Waals surface area contributed by atoms with Gasteiger partial charge >= 0.3 is 0 Å². The molecule has 0 saturated carbocycles. The average molecular weight is 453 g/mol. The third-order valence-corrected chi connectivity index (χ3v) is 5.27. The summed E-state index contributed by atoms with van der Waals surface area (Å²) >= 11 is 1.19. The molecule has 4 rings (SSSR count). The van der Waals surface area contributed by atoms with Crippen molar-refractivity contribution in [1.29, 1.82) is 0 Å². The highest BCUT2D eigenvalue weighted by Crippen LogP contribution is 2.32. The van der Waals surface area contributed by atoms with E-state index in [0.29, 0.717) is 16.9 Å². The lowest BCUT2D eigenvalue weighted by Gasteiger charge is -2.08. The van der Waals surface area contributed by atoms with Crippen LogP contribution in [-0.2, 0) is 18.4 Å². The summed E-state index contributed by atoms with van der Waals surface area (Å²) in [7, 11) is 1.76. The maximum atomic E-state index is 13.4. The highest BCUT2D eigenvalue weighted by molar-refractivity contribution is 7.14. The summed E-state index contributed by atoms with van der Waals surface area (Å²) in [5, 5.41) is 12.7. The number of hydrogen-bond acceptors (Lipinski definition) is 6. The van der Waals surface area contributed by atoms with E-state index in [1.54, 1.807) is 29.4 Å². The third kappa shape index (κ3) is 4.00. The SMILES string of the molecule is Cc1nn(CC(=O)Nc2nc(-c3ccnn3C)cs2)c2nc(C(F)F)cc(C(F)F)c12. The topological polar surface area (TPSA) is 90.5 Å². The summed E-state index contributed by atoms with van der Waals surface area (Å²) < 4.78 is 55.8. The van der Waals surface area contributed by atoms with Crippen LogP contribution in [0.3, 0.4) is 0 Å². The minimum atomic E-state index is -3.04. The molecule has 0 saturated heterocycles. The molecular formula is C18H15F4N7OS. The number of hydrogen-bond donors (Lipinski definition) is 1. The Kier molecular flexibility index (Phi) is 5.43. The molecule has 0 atom stereocenters. The number of rotatable bonds is 6. The van der Waals surface area contributed by atoms with Crippen molar-refractivity contribution < 1.29 is 22.4 Å². The molecular weight excluding hydrogens is 438 g/mol. The number of halogens is 4. The largest absolute Gasteiger partial charge is 0.300 e. The van der Waals surface area contributed by atoms with Crippen LogP contribution < -0.4 is 5.32 Å². The van der Waals surface area contributed by atoms with Crippen LogP contribution in [0.15, 0.2) is 23.7 Å². The van der Waals surface area contributed by atoms with Gasteiger partial charge in [-0.05, 0) is 19.1 Å². The lowest BCUT2D eigenvalue weighted by atomic mass is 10.1. The average Bonchev–Trinajstić information content (AvgIpc) is 3.41. The molecule has 4 heterocycles. The van der Waals surface area contributed by atoms with Crippen LogP contribution in [0.2, 0.25) is 0 Å². The molecule has 4 aromatic rings. The van der Waals surface area contributed by atoms with E-state index in [-0.39, 0.29) is 16.7 Å². The molecule has 0 bridgehead atoms. The fourth-order valence-corrected chi connectivity index (χ4v) is 3.89. The van der Waals surface area contributed by atoms with Gasteiger partial charge in [-0.3, -0.25) is 9.48 Å². The first-order chi connectivity index (χ1) is 14.7. The van der Waals surface area contributed by atoms with Gasteiger partial charge in [0.15, 0.2) is 10.8 Å². The lowest BCUT2D eigenvalue weighted by Crippen LogP contribution is -2.20. The fourth-order valence-electron chi connectivity index (χ4n) is 3.17. The molecule has 0 aliphatic heterocycles. The second kappa shape index (κ2) is 8.06. The van der Waals surface area contributed by atoms with E-state index >= 15 is 0 Å². The maximum Gasteiger partial charge on any atom is 0.280 e. The van der Waals surface area contributed by atoms with Crippen LogP contribution in [0.25, 0.3) is 22.4 Å². The minimum Gasteiger partial charge on any atom is -0.300 e. The Bertz CT molecular complexity index is 1260. The summed E-state index contributed by atoms with van der Waals surface area (Å²) in [6, 6.07) is 2.44. The van der Waals surface area contributed by atoms with Gasteiger partial charge in [-0.15, -0.1) is 11.3 Å². The quantitative estimate of drug-likeness (QED) is 0.444. The number of aromatic nitrogens is 6. The number of aryl methyl sites for hydroxylation is 2. The number of anilines is 1. The van der Waals surface area contributed by atoms with Gasteiger partial charge in [-0.2, -0.15) is 10.2 Å². The van der Waals surface area contributed by atoms with Gasteiger partial charge in [-0.1, -0.05) is 0 Å². The second-order valence-electron chi connectivity index (χ2n) is 6.61. The Morgan fingerprint density at radius 2 is 2.00 bits per heavy atom. The van der Waals surface area contributed by atoms with Crippen LogP contribution in [0.5, 0.6) is 0 Å². The Morgan fingerprint density at radius 1 is 1.23 bits per heavy atom. The smallest absolute Gasteiger partial charge is 0.280 e. The summed E-state index contributed by atoms with van der Waals surface area (Å²) in [6.45, 7) is 1.04. The van der Waals surface area contributed by atoms with Crippen molar-refractivity contribution in [2.24, 2.45) is 7.05 Å². The first kappa shape index (κ1) is 20.9. The van der Waals surface area contributed by atoms with Gasteiger partial charge in [0.2, 0.25) is 5.91 Å². The summed E-state index contributed by atoms with van der Waals surface area (Å²) in [4.78, 5) is 20.6. The molecule has 0 fully saturated rings. The van der Waals surface area contributed by atoms with E-state index in [9.17, 15) is 22.4 Å². The van der Waals surface area contributed by atoms with Gasteiger partial charge < -0.3 is 5.32 Å². The number of thiazole rings is 1. The molecule has 1 amide bonds. The van der Waals surface area contributed by atoms with Crippen molar-refractivity contribution in [2.45, 2.75) is 26.3 Å². The first-order valence-corrected chi connectivity index (χ1v) is 9.80. The van der Waals surface area contributed by atoms with Gasteiger partial charge in [0, 0.05) is 24.2 Å². The first-order valence-electron chi connectivity index (χ1n) is 8.92. The molecule has 0 aliphatic carbocycles. The maximum absolute atomic E-state index is 13.4. The van der Waals surface area contributed by atoms with E-state index in [0.717, 1.165) is 10.4 Å². The van der Waals surface area contributed by atoms with Crippen LogP contribution in [0.1, 0.15) is 29.8 Å². The standard InChI is InChI=1S/C18H15F4N7OS/c1-8-14-9(15(19)20)5-10(16(21)22)24-17(14)29(27-8)6-13(30)26-18-25-11(7-31-18)12-3-4-23-28(12)2/h3-5,7,15-16H,6H2,1-2H3,(H,25,26,30). The number of nitrogens with one attached hydrogen (secondary N) is 1. The van der Waals surface area contributed by atoms with Crippen molar-refractivity contribution in [1.82, 2.24) is 29.5 Å². The van der Waals surface area contributed by atoms with Crippen molar-refractivity contribution in [2.75, 3.05) is 5.32 Å². The van der Waals surface area contributed by atoms with Crippen molar-refractivity contribution in [3.8, 4) is 11.4 Å². The minimum absolute atomic E-state index is 0.0417. The molecule has 8 nitrogen and oxygen atoms in total. The molecule has 162 valence electrons. The Morgan fingerprint density at radius 3 is 2.65 bits per heavy atom. The number of alkyl halides is 4. The number of nitrogens with zero attached hydrogens (tertiary/aromatic N) is 6. The van der Waals surface area contributed by atoms with E-state index in [4.69, 9.17) is 0 Å². The molecule has 1 N–H and O–H groups in total. The fraction of sp³-hybridized carbons (Fsp3) is 0.278. The Balaban J connectivity index is 1.61.